The van der Waals surface area contributed by atoms with Crippen LogP contribution in [0.25, 0.3) is 0 Å². The first-order valence-corrected chi connectivity index (χ1v) is 7.91. The zero-order chi connectivity index (χ0) is 17.5. The van der Waals surface area contributed by atoms with Gasteiger partial charge in [-0.05, 0) is 44.8 Å². The molecule has 0 aliphatic rings. The number of furan rings is 1. The summed E-state index contributed by atoms with van der Waals surface area (Å²) in [6, 6.07) is 9.65. The van der Waals surface area contributed by atoms with Gasteiger partial charge in [0.25, 0.3) is 5.91 Å². The Hall–Kier alpha value is -2.34. The van der Waals surface area contributed by atoms with Crippen LogP contribution in [0.5, 0.6) is 5.75 Å². The van der Waals surface area contributed by atoms with E-state index in [1.165, 1.54) is 12.1 Å². The number of benzene rings is 1. The number of halogens is 1. The van der Waals surface area contributed by atoms with Crippen molar-refractivity contribution in [2.75, 3.05) is 20.6 Å². The van der Waals surface area contributed by atoms with Crippen molar-refractivity contribution in [3.63, 3.8) is 0 Å². The van der Waals surface area contributed by atoms with Crippen LogP contribution in [-0.4, -0.2) is 37.6 Å². The number of carbonyl (C=O) groups is 1. The fourth-order valence-corrected chi connectivity index (χ4v) is 2.35. The topological polar surface area (TPSA) is 54.7 Å². The molecule has 1 aromatic carbocycles. The Kier molecular flexibility index (Phi) is 6.37. The van der Waals surface area contributed by atoms with Crippen LogP contribution in [0.1, 0.15) is 25.1 Å². The van der Waals surface area contributed by atoms with Gasteiger partial charge in [-0.25, -0.2) is 4.39 Å². The molecule has 1 heterocycles. The first kappa shape index (κ1) is 18.0. The molecule has 0 fully saturated rings. The SMILES string of the molecule is CCC(Oc1ccccc1F)C(=O)NCC(c1ccco1)N(C)C. The maximum Gasteiger partial charge on any atom is 0.261 e. The normalized spacial score (nSPS) is 13.5. The fraction of sp³-hybridized carbons (Fsp3) is 0.389. The van der Waals surface area contributed by atoms with E-state index in [2.05, 4.69) is 5.32 Å². The third-order valence-electron chi connectivity index (χ3n) is 3.73. The maximum absolute atomic E-state index is 13.7. The monoisotopic (exact) mass is 334 g/mol. The van der Waals surface area contributed by atoms with Gasteiger partial charge >= 0.3 is 0 Å². The average molecular weight is 334 g/mol. The highest BCUT2D eigenvalue weighted by Crippen LogP contribution is 2.19. The zero-order valence-electron chi connectivity index (χ0n) is 14.2. The Morgan fingerprint density at radius 1 is 1.29 bits per heavy atom. The second-order valence-corrected chi connectivity index (χ2v) is 5.69. The van der Waals surface area contributed by atoms with Gasteiger partial charge in [0.05, 0.1) is 12.3 Å². The van der Waals surface area contributed by atoms with Gasteiger partial charge in [-0.1, -0.05) is 19.1 Å². The summed E-state index contributed by atoms with van der Waals surface area (Å²) in [7, 11) is 3.82. The van der Waals surface area contributed by atoms with E-state index in [9.17, 15) is 9.18 Å². The maximum atomic E-state index is 13.7. The van der Waals surface area contributed by atoms with E-state index in [1.807, 2.05) is 38.1 Å². The molecular formula is C18H23FN2O3. The number of rotatable bonds is 8. The lowest BCUT2D eigenvalue weighted by atomic mass is 10.2. The molecule has 0 bridgehead atoms. The largest absolute Gasteiger partial charge is 0.478 e. The number of carbonyl (C=O) groups excluding carboxylic acids is 1. The molecule has 0 radical (unpaired) electrons. The predicted octanol–water partition coefficient (Wildman–Crippen LogP) is 3.00. The quantitative estimate of drug-likeness (QED) is 0.806. The van der Waals surface area contributed by atoms with Crippen LogP contribution < -0.4 is 10.1 Å². The van der Waals surface area contributed by atoms with E-state index in [1.54, 1.807) is 18.4 Å². The fourth-order valence-electron chi connectivity index (χ4n) is 2.35. The summed E-state index contributed by atoms with van der Waals surface area (Å²) in [5.74, 6) is 0.0859. The lowest BCUT2D eigenvalue weighted by Crippen LogP contribution is -2.42. The highest BCUT2D eigenvalue weighted by Gasteiger charge is 2.23. The minimum absolute atomic E-state index is 0.0784. The van der Waals surface area contributed by atoms with Gasteiger partial charge in [0.1, 0.15) is 5.76 Å². The first-order valence-electron chi connectivity index (χ1n) is 7.91. The second-order valence-electron chi connectivity index (χ2n) is 5.69. The van der Waals surface area contributed by atoms with Crippen molar-refractivity contribution in [3.05, 3.63) is 54.2 Å². The summed E-state index contributed by atoms with van der Waals surface area (Å²) >= 11 is 0. The summed E-state index contributed by atoms with van der Waals surface area (Å²) in [5.41, 5.74) is 0. The number of nitrogens with one attached hydrogen (secondary N) is 1. The smallest absolute Gasteiger partial charge is 0.261 e. The van der Waals surface area contributed by atoms with Crippen LogP contribution in [0, 0.1) is 5.82 Å². The average Bonchev–Trinajstić information content (AvgIpc) is 3.08. The van der Waals surface area contributed by atoms with Gasteiger partial charge in [0, 0.05) is 6.54 Å². The molecule has 2 unspecified atom stereocenters. The number of para-hydroxylation sites is 1. The molecular weight excluding hydrogens is 311 g/mol. The van der Waals surface area contributed by atoms with Crippen molar-refractivity contribution in [3.8, 4) is 5.75 Å². The standard InChI is InChI=1S/C18H23FN2O3/c1-4-15(24-16-9-6-5-8-13(16)19)18(22)20-12-14(21(2)3)17-10-7-11-23-17/h5-11,14-15H,4,12H2,1-3H3,(H,20,22). The van der Waals surface area contributed by atoms with Gasteiger partial charge in [-0.2, -0.15) is 0 Å². The van der Waals surface area contributed by atoms with Crippen LogP contribution in [0.15, 0.2) is 47.1 Å². The Morgan fingerprint density at radius 2 is 2.04 bits per heavy atom. The summed E-state index contributed by atoms with van der Waals surface area (Å²) in [6.07, 6.45) is 1.29. The third kappa shape index (κ3) is 4.58. The second kappa shape index (κ2) is 8.49. The van der Waals surface area contributed by atoms with Crippen molar-refractivity contribution < 1.29 is 18.3 Å². The van der Waals surface area contributed by atoms with Gasteiger partial charge in [-0.15, -0.1) is 0 Å². The molecule has 5 nitrogen and oxygen atoms in total. The van der Waals surface area contributed by atoms with Gasteiger partial charge in [0.2, 0.25) is 0 Å². The molecule has 1 aromatic heterocycles. The molecule has 2 aromatic rings. The van der Waals surface area contributed by atoms with Crippen LogP contribution in [0.3, 0.4) is 0 Å². The predicted molar refractivity (Wildman–Crippen MR) is 89.3 cm³/mol. The number of hydrogen-bond acceptors (Lipinski definition) is 4. The molecule has 0 aliphatic heterocycles. The number of amides is 1. The van der Waals surface area contributed by atoms with Crippen molar-refractivity contribution in [2.24, 2.45) is 0 Å². The molecule has 0 spiro atoms. The summed E-state index contributed by atoms with van der Waals surface area (Å²) in [4.78, 5) is 14.3. The van der Waals surface area contributed by atoms with E-state index < -0.39 is 11.9 Å². The van der Waals surface area contributed by atoms with E-state index in [0.717, 1.165) is 5.76 Å². The van der Waals surface area contributed by atoms with E-state index in [0.29, 0.717) is 13.0 Å². The summed E-state index contributed by atoms with van der Waals surface area (Å²) in [5, 5.41) is 2.86. The van der Waals surface area contributed by atoms with Crippen LogP contribution >= 0.6 is 0 Å². The summed E-state index contributed by atoms with van der Waals surface area (Å²) in [6.45, 7) is 2.19. The van der Waals surface area contributed by atoms with Crippen LogP contribution in [0.2, 0.25) is 0 Å². The number of hydrogen-bond donors (Lipinski definition) is 1. The van der Waals surface area contributed by atoms with E-state index in [-0.39, 0.29) is 17.7 Å². The molecule has 0 saturated carbocycles. The minimum atomic E-state index is -0.749. The van der Waals surface area contributed by atoms with Crippen molar-refractivity contribution in [1.82, 2.24) is 10.2 Å². The molecule has 2 atom stereocenters. The Morgan fingerprint density at radius 3 is 2.62 bits per heavy atom. The first-order chi connectivity index (χ1) is 11.5. The lowest BCUT2D eigenvalue weighted by molar-refractivity contribution is -0.128. The van der Waals surface area contributed by atoms with E-state index in [4.69, 9.17) is 9.15 Å². The molecule has 0 saturated heterocycles. The molecule has 0 aliphatic carbocycles. The lowest BCUT2D eigenvalue weighted by Gasteiger charge is -2.24. The Bertz CT molecular complexity index is 643. The van der Waals surface area contributed by atoms with Gasteiger partial charge < -0.3 is 14.5 Å². The molecule has 1 amide bonds. The van der Waals surface area contributed by atoms with Crippen molar-refractivity contribution >= 4 is 5.91 Å². The molecule has 2 rings (SSSR count). The van der Waals surface area contributed by atoms with Crippen molar-refractivity contribution in [2.45, 2.75) is 25.5 Å². The number of ether oxygens (including phenoxy) is 1. The van der Waals surface area contributed by atoms with Crippen molar-refractivity contribution in [1.29, 1.82) is 0 Å². The molecule has 6 heteroatoms. The highest BCUT2D eigenvalue weighted by molar-refractivity contribution is 5.81. The third-order valence-corrected chi connectivity index (χ3v) is 3.73. The Labute approximate surface area is 141 Å². The van der Waals surface area contributed by atoms with Crippen LogP contribution in [0.4, 0.5) is 4.39 Å². The molecule has 130 valence electrons. The van der Waals surface area contributed by atoms with E-state index >= 15 is 0 Å². The zero-order valence-corrected chi connectivity index (χ0v) is 14.2. The summed E-state index contributed by atoms with van der Waals surface area (Å²) < 4.78 is 24.6. The molecule has 1 N–H and O–H groups in total. The minimum Gasteiger partial charge on any atom is -0.478 e. The Balaban J connectivity index is 1.97. The van der Waals surface area contributed by atoms with Gasteiger partial charge in [-0.3, -0.25) is 9.69 Å². The number of likely N-dealkylation sites (N-methyl/N-ethyl adjacent to an activating group) is 1. The molecule has 24 heavy (non-hydrogen) atoms. The number of nitrogens with zero attached hydrogens (tertiary/aromatic N) is 1. The van der Waals surface area contributed by atoms with Gasteiger partial charge in [0.15, 0.2) is 17.7 Å². The highest BCUT2D eigenvalue weighted by atomic mass is 19.1. The van der Waals surface area contributed by atoms with Crippen LogP contribution in [-0.2, 0) is 4.79 Å².